The van der Waals surface area contributed by atoms with Gasteiger partial charge < -0.3 is 0 Å². The Morgan fingerprint density at radius 3 is 2.08 bits per heavy atom. The van der Waals surface area contributed by atoms with E-state index in [0.717, 1.165) is 6.42 Å². The standard InChI is InChI=1S/C24H18/c1-16-13-17-9-6-12-22(23(17)14-16)24-20-10-4-2-7-18(20)15-19-8-3-5-11-21(19)24/h2-12,14-15H,13H2,1H3. The van der Waals surface area contributed by atoms with Gasteiger partial charge in [0, 0.05) is 0 Å². The molecule has 5 rings (SSSR count). The van der Waals surface area contributed by atoms with Crippen molar-refractivity contribution >= 4 is 27.6 Å². The summed E-state index contributed by atoms with van der Waals surface area (Å²) in [6.07, 6.45) is 3.44. The van der Waals surface area contributed by atoms with E-state index >= 15 is 0 Å². The molecule has 0 bridgehead atoms. The molecule has 0 heterocycles. The molecule has 0 aromatic heterocycles. The lowest BCUT2D eigenvalue weighted by Crippen LogP contribution is -1.90. The summed E-state index contributed by atoms with van der Waals surface area (Å²) in [7, 11) is 0. The Kier molecular flexibility index (Phi) is 2.87. The van der Waals surface area contributed by atoms with E-state index in [0.29, 0.717) is 0 Å². The first-order valence-electron chi connectivity index (χ1n) is 8.51. The van der Waals surface area contributed by atoms with E-state index in [1.54, 1.807) is 0 Å². The molecular formula is C24H18. The van der Waals surface area contributed by atoms with Crippen LogP contribution in [0.25, 0.3) is 38.7 Å². The van der Waals surface area contributed by atoms with Gasteiger partial charge in [-0.25, -0.2) is 0 Å². The normalized spacial score (nSPS) is 13.3. The van der Waals surface area contributed by atoms with Gasteiger partial charge in [0.25, 0.3) is 0 Å². The van der Waals surface area contributed by atoms with Gasteiger partial charge in [0.2, 0.25) is 0 Å². The van der Waals surface area contributed by atoms with Gasteiger partial charge in [0.1, 0.15) is 0 Å². The summed E-state index contributed by atoms with van der Waals surface area (Å²) in [5, 5.41) is 5.29. The zero-order valence-corrected chi connectivity index (χ0v) is 13.7. The first-order chi connectivity index (χ1) is 11.8. The first kappa shape index (κ1) is 13.6. The molecular weight excluding hydrogens is 288 g/mol. The molecule has 24 heavy (non-hydrogen) atoms. The van der Waals surface area contributed by atoms with Gasteiger partial charge in [-0.3, -0.25) is 0 Å². The predicted octanol–water partition coefficient (Wildman–Crippen LogP) is 6.62. The van der Waals surface area contributed by atoms with Crippen LogP contribution in [0.5, 0.6) is 0 Å². The van der Waals surface area contributed by atoms with Crippen LogP contribution in [0.3, 0.4) is 0 Å². The predicted molar refractivity (Wildman–Crippen MR) is 104 cm³/mol. The van der Waals surface area contributed by atoms with E-state index in [1.165, 1.54) is 49.4 Å². The molecule has 0 saturated carbocycles. The van der Waals surface area contributed by atoms with Crippen LogP contribution in [0.2, 0.25) is 0 Å². The van der Waals surface area contributed by atoms with Crippen molar-refractivity contribution in [1.82, 2.24) is 0 Å². The van der Waals surface area contributed by atoms with Gasteiger partial charge in [-0.05, 0) is 63.2 Å². The van der Waals surface area contributed by atoms with Gasteiger partial charge in [-0.1, -0.05) is 78.4 Å². The maximum atomic E-state index is 2.36. The molecule has 0 N–H and O–H groups in total. The second kappa shape index (κ2) is 5.07. The quantitative estimate of drug-likeness (QED) is 0.347. The Bertz CT molecular complexity index is 1080. The first-order valence-corrected chi connectivity index (χ1v) is 8.51. The largest absolute Gasteiger partial charge is 0.0683 e. The molecule has 0 spiro atoms. The topological polar surface area (TPSA) is 0 Å². The average Bonchev–Trinajstić information content (AvgIpc) is 3.00. The van der Waals surface area contributed by atoms with Crippen molar-refractivity contribution in [2.75, 3.05) is 0 Å². The van der Waals surface area contributed by atoms with Crippen LogP contribution in [0, 0.1) is 0 Å². The summed E-state index contributed by atoms with van der Waals surface area (Å²) in [4.78, 5) is 0. The van der Waals surface area contributed by atoms with E-state index < -0.39 is 0 Å². The van der Waals surface area contributed by atoms with Crippen molar-refractivity contribution < 1.29 is 0 Å². The molecule has 0 heteroatoms. The summed E-state index contributed by atoms with van der Waals surface area (Å²) >= 11 is 0. The van der Waals surface area contributed by atoms with Crippen LogP contribution < -0.4 is 0 Å². The van der Waals surface area contributed by atoms with Crippen molar-refractivity contribution in [2.45, 2.75) is 13.3 Å². The summed E-state index contributed by atoms with van der Waals surface area (Å²) in [6.45, 7) is 2.23. The van der Waals surface area contributed by atoms with E-state index in [1.807, 2.05) is 0 Å². The number of hydrogen-bond acceptors (Lipinski definition) is 0. The number of benzene rings is 4. The smallest absolute Gasteiger partial charge is 0.00207 e. The lowest BCUT2D eigenvalue weighted by Gasteiger charge is -2.15. The van der Waals surface area contributed by atoms with Crippen molar-refractivity contribution in [2.24, 2.45) is 0 Å². The summed E-state index contributed by atoms with van der Waals surface area (Å²) in [5.41, 5.74) is 7.02. The highest BCUT2D eigenvalue weighted by molar-refractivity contribution is 6.13. The van der Waals surface area contributed by atoms with Gasteiger partial charge in [0.05, 0.1) is 0 Å². The molecule has 0 unspecified atom stereocenters. The van der Waals surface area contributed by atoms with Crippen LogP contribution in [-0.4, -0.2) is 0 Å². The molecule has 0 saturated heterocycles. The third-order valence-corrected chi connectivity index (χ3v) is 5.10. The van der Waals surface area contributed by atoms with Crippen molar-refractivity contribution in [3.63, 3.8) is 0 Å². The highest BCUT2D eigenvalue weighted by Gasteiger charge is 2.17. The SMILES string of the molecule is CC1=Cc2c(cccc2-c2c3ccccc3cc3ccccc23)C1. The Balaban J connectivity index is 1.98. The second-order valence-electron chi connectivity index (χ2n) is 6.74. The fraction of sp³-hybridized carbons (Fsp3) is 0.0833. The molecule has 1 aliphatic carbocycles. The fourth-order valence-electron chi connectivity index (χ4n) is 4.06. The van der Waals surface area contributed by atoms with Crippen molar-refractivity contribution in [3.8, 4) is 11.1 Å². The fourth-order valence-corrected chi connectivity index (χ4v) is 4.06. The minimum absolute atomic E-state index is 1.08. The number of hydrogen-bond donors (Lipinski definition) is 0. The molecule has 0 atom stereocenters. The Labute approximate surface area is 142 Å². The van der Waals surface area contributed by atoms with Gasteiger partial charge >= 0.3 is 0 Å². The third kappa shape index (κ3) is 1.93. The summed E-state index contributed by atoms with van der Waals surface area (Å²) < 4.78 is 0. The van der Waals surface area contributed by atoms with E-state index in [4.69, 9.17) is 0 Å². The summed E-state index contributed by atoms with van der Waals surface area (Å²) in [6, 6.07) is 26.5. The number of rotatable bonds is 1. The minimum Gasteiger partial charge on any atom is -0.0683 e. The molecule has 0 amide bonds. The Morgan fingerprint density at radius 1 is 0.708 bits per heavy atom. The highest BCUT2D eigenvalue weighted by Crippen LogP contribution is 2.41. The van der Waals surface area contributed by atoms with Crippen molar-refractivity contribution in [3.05, 3.63) is 89.5 Å². The second-order valence-corrected chi connectivity index (χ2v) is 6.74. The molecule has 0 nitrogen and oxygen atoms in total. The Hall–Kier alpha value is -2.86. The van der Waals surface area contributed by atoms with Gasteiger partial charge in [0.15, 0.2) is 0 Å². The average molecular weight is 306 g/mol. The minimum atomic E-state index is 1.08. The number of fused-ring (bicyclic) bond motifs is 3. The lowest BCUT2D eigenvalue weighted by atomic mass is 9.89. The molecule has 114 valence electrons. The molecule has 1 aliphatic rings. The summed E-state index contributed by atoms with van der Waals surface area (Å²) in [5.74, 6) is 0. The van der Waals surface area contributed by atoms with E-state index in [-0.39, 0.29) is 0 Å². The zero-order chi connectivity index (χ0) is 16.1. The van der Waals surface area contributed by atoms with E-state index in [9.17, 15) is 0 Å². The van der Waals surface area contributed by atoms with Gasteiger partial charge in [-0.2, -0.15) is 0 Å². The molecule has 0 fully saturated rings. The molecule has 4 aromatic rings. The maximum absolute atomic E-state index is 2.36. The highest BCUT2D eigenvalue weighted by atomic mass is 14.2. The van der Waals surface area contributed by atoms with Crippen LogP contribution in [-0.2, 0) is 6.42 Å². The number of allylic oxidation sites excluding steroid dienone is 1. The van der Waals surface area contributed by atoms with Crippen LogP contribution in [0.4, 0.5) is 0 Å². The Morgan fingerprint density at radius 2 is 1.38 bits per heavy atom. The maximum Gasteiger partial charge on any atom is -0.00207 e. The van der Waals surface area contributed by atoms with Crippen LogP contribution >= 0.6 is 0 Å². The molecule has 0 aliphatic heterocycles. The molecule has 4 aromatic carbocycles. The van der Waals surface area contributed by atoms with Crippen LogP contribution in [0.15, 0.2) is 78.4 Å². The van der Waals surface area contributed by atoms with Gasteiger partial charge in [-0.15, -0.1) is 0 Å². The lowest BCUT2D eigenvalue weighted by molar-refractivity contribution is 1.20. The molecule has 0 radical (unpaired) electrons. The van der Waals surface area contributed by atoms with Crippen LogP contribution in [0.1, 0.15) is 18.1 Å². The zero-order valence-electron chi connectivity index (χ0n) is 13.7. The monoisotopic (exact) mass is 306 g/mol. The van der Waals surface area contributed by atoms with E-state index in [2.05, 4.69) is 85.8 Å². The van der Waals surface area contributed by atoms with Crippen molar-refractivity contribution in [1.29, 1.82) is 0 Å². The third-order valence-electron chi connectivity index (χ3n) is 5.10.